The Hall–Kier alpha value is -3.80. The van der Waals surface area contributed by atoms with Gasteiger partial charge in [-0.1, -0.05) is 0 Å². The van der Waals surface area contributed by atoms with Crippen molar-refractivity contribution in [3.63, 3.8) is 0 Å². The molecule has 6 nitrogen and oxygen atoms in total. The average Bonchev–Trinajstić information content (AvgIpc) is 2.74. The van der Waals surface area contributed by atoms with Crippen molar-refractivity contribution < 1.29 is 19.1 Å². The Labute approximate surface area is 162 Å². The SMILES string of the molecule is CCOC(=O)c1ccc(N=Cc2ccc(OC(=O)c3ccncc3)cc2)cc1. The second kappa shape index (κ2) is 9.23. The molecule has 2 aromatic carbocycles. The fraction of sp³-hybridized carbons (Fsp3) is 0.0909. The molecule has 1 aromatic heterocycles. The standard InChI is InChI=1S/C22H18N2O4/c1-2-27-21(25)17-5-7-19(8-6-17)24-15-16-3-9-20(10-4-16)28-22(26)18-11-13-23-14-12-18/h3-15H,2H2,1H3. The van der Waals surface area contributed by atoms with Gasteiger partial charge in [0.05, 0.1) is 23.4 Å². The maximum Gasteiger partial charge on any atom is 0.343 e. The van der Waals surface area contributed by atoms with Crippen LogP contribution in [0.5, 0.6) is 5.75 Å². The summed E-state index contributed by atoms with van der Waals surface area (Å²) in [5, 5.41) is 0. The predicted molar refractivity (Wildman–Crippen MR) is 105 cm³/mol. The highest BCUT2D eigenvalue weighted by molar-refractivity contribution is 5.91. The van der Waals surface area contributed by atoms with Crippen LogP contribution >= 0.6 is 0 Å². The van der Waals surface area contributed by atoms with E-state index in [0.29, 0.717) is 29.2 Å². The summed E-state index contributed by atoms with van der Waals surface area (Å²) in [6, 6.07) is 17.0. The van der Waals surface area contributed by atoms with Crippen LogP contribution < -0.4 is 4.74 Å². The minimum atomic E-state index is -0.439. The third-order valence-electron chi connectivity index (χ3n) is 3.75. The van der Waals surface area contributed by atoms with E-state index in [2.05, 4.69) is 9.98 Å². The molecule has 0 spiro atoms. The van der Waals surface area contributed by atoms with Gasteiger partial charge in [-0.15, -0.1) is 0 Å². The van der Waals surface area contributed by atoms with Gasteiger partial charge in [0.25, 0.3) is 0 Å². The summed E-state index contributed by atoms with van der Waals surface area (Å²) in [7, 11) is 0. The van der Waals surface area contributed by atoms with E-state index < -0.39 is 5.97 Å². The minimum absolute atomic E-state index is 0.340. The van der Waals surface area contributed by atoms with Gasteiger partial charge in [-0.3, -0.25) is 9.98 Å². The molecule has 28 heavy (non-hydrogen) atoms. The number of hydrogen-bond donors (Lipinski definition) is 0. The van der Waals surface area contributed by atoms with Gasteiger partial charge >= 0.3 is 11.9 Å². The monoisotopic (exact) mass is 374 g/mol. The van der Waals surface area contributed by atoms with Gasteiger partial charge in [-0.25, -0.2) is 9.59 Å². The number of ether oxygens (including phenoxy) is 2. The summed E-state index contributed by atoms with van der Waals surface area (Å²) < 4.78 is 10.3. The molecule has 0 atom stereocenters. The third kappa shape index (κ3) is 5.11. The maximum absolute atomic E-state index is 12.0. The fourth-order valence-corrected chi connectivity index (χ4v) is 2.32. The first kappa shape index (κ1) is 19.0. The van der Waals surface area contributed by atoms with E-state index in [4.69, 9.17) is 9.47 Å². The number of benzene rings is 2. The molecular weight excluding hydrogens is 356 g/mol. The molecule has 140 valence electrons. The molecule has 0 N–H and O–H groups in total. The highest BCUT2D eigenvalue weighted by Gasteiger charge is 2.08. The van der Waals surface area contributed by atoms with E-state index in [9.17, 15) is 9.59 Å². The molecule has 0 fully saturated rings. The van der Waals surface area contributed by atoms with Crippen LogP contribution in [-0.2, 0) is 4.74 Å². The van der Waals surface area contributed by atoms with Crippen LogP contribution in [0.25, 0.3) is 0 Å². The lowest BCUT2D eigenvalue weighted by Crippen LogP contribution is -2.08. The number of aliphatic imine (C=N–C) groups is 1. The van der Waals surface area contributed by atoms with Crippen LogP contribution in [0.1, 0.15) is 33.2 Å². The van der Waals surface area contributed by atoms with Crippen molar-refractivity contribution in [1.29, 1.82) is 0 Å². The van der Waals surface area contributed by atoms with Gasteiger partial charge in [-0.2, -0.15) is 0 Å². The first-order valence-corrected chi connectivity index (χ1v) is 8.69. The molecule has 0 bridgehead atoms. The van der Waals surface area contributed by atoms with Crippen molar-refractivity contribution in [2.75, 3.05) is 6.61 Å². The lowest BCUT2D eigenvalue weighted by Gasteiger charge is -2.04. The van der Waals surface area contributed by atoms with Crippen molar-refractivity contribution in [3.05, 3.63) is 89.7 Å². The number of hydrogen-bond acceptors (Lipinski definition) is 6. The average molecular weight is 374 g/mol. The summed E-state index contributed by atoms with van der Waals surface area (Å²) in [6.45, 7) is 2.11. The van der Waals surface area contributed by atoms with Crippen LogP contribution in [0.4, 0.5) is 5.69 Å². The Kier molecular flexibility index (Phi) is 6.25. The third-order valence-corrected chi connectivity index (χ3v) is 3.75. The predicted octanol–water partition coefficient (Wildman–Crippen LogP) is 4.23. The molecule has 0 saturated carbocycles. The zero-order chi connectivity index (χ0) is 19.8. The van der Waals surface area contributed by atoms with Gasteiger partial charge < -0.3 is 9.47 Å². The largest absolute Gasteiger partial charge is 0.462 e. The molecule has 0 aliphatic rings. The Morgan fingerprint density at radius 3 is 2.18 bits per heavy atom. The molecular formula is C22H18N2O4. The van der Waals surface area contributed by atoms with E-state index in [0.717, 1.165) is 5.56 Å². The van der Waals surface area contributed by atoms with Crippen LogP contribution in [0.2, 0.25) is 0 Å². The van der Waals surface area contributed by atoms with Gasteiger partial charge in [0, 0.05) is 18.6 Å². The summed E-state index contributed by atoms with van der Waals surface area (Å²) in [5.74, 6) is -0.349. The Balaban J connectivity index is 1.61. The lowest BCUT2D eigenvalue weighted by atomic mass is 10.2. The normalized spacial score (nSPS) is 10.6. The zero-order valence-electron chi connectivity index (χ0n) is 15.2. The van der Waals surface area contributed by atoms with Crippen molar-refractivity contribution in [2.45, 2.75) is 6.92 Å². The highest BCUT2D eigenvalue weighted by atomic mass is 16.5. The van der Waals surface area contributed by atoms with Crippen LogP contribution in [0.15, 0.2) is 78.0 Å². The molecule has 0 saturated heterocycles. The molecule has 0 aliphatic carbocycles. The molecule has 0 unspecified atom stereocenters. The topological polar surface area (TPSA) is 77.9 Å². The van der Waals surface area contributed by atoms with E-state index >= 15 is 0 Å². The number of pyridine rings is 1. The van der Waals surface area contributed by atoms with E-state index in [1.165, 1.54) is 12.4 Å². The lowest BCUT2D eigenvalue weighted by molar-refractivity contribution is 0.0526. The van der Waals surface area contributed by atoms with Crippen molar-refractivity contribution in [1.82, 2.24) is 4.98 Å². The smallest absolute Gasteiger partial charge is 0.343 e. The van der Waals surface area contributed by atoms with Crippen molar-refractivity contribution in [3.8, 4) is 5.75 Å². The van der Waals surface area contributed by atoms with Gasteiger partial charge in [0.15, 0.2) is 0 Å². The molecule has 3 aromatic rings. The molecule has 3 rings (SSSR count). The van der Waals surface area contributed by atoms with Crippen molar-refractivity contribution >= 4 is 23.8 Å². The quantitative estimate of drug-likeness (QED) is 0.367. The Morgan fingerprint density at radius 1 is 0.893 bits per heavy atom. The van der Waals surface area contributed by atoms with Gasteiger partial charge in [0.1, 0.15) is 5.75 Å². The number of aromatic nitrogens is 1. The molecule has 0 radical (unpaired) electrons. The van der Waals surface area contributed by atoms with E-state index in [1.807, 2.05) is 0 Å². The number of carbonyl (C=O) groups is 2. The summed E-state index contributed by atoms with van der Waals surface area (Å²) >= 11 is 0. The zero-order valence-corrected chi connectivity index (χ0v) is 15.2. The Bertz CT molecular complexity index is 966. The number of carbonyl (C=O) groups excluding carboxylic acids is 2. The summed E-state index contributed by atoms with van der Waals surface area (Å²) in [6.07, 6.45) is 4.76. The number of rotatable bonds is 6. The van der Waals surface area contributed by atoms with Crippen LogP contribution in [0, 0.1) is 0 Å². The van der Waals surface area contributed by atoms with Gasteiger partial charge in [0.2, 0.25) is 0 Å². The first-order valence-electron chi connectivity index (χ1n) is 8.69. The number of nitrogens with zero attached hydrogens (tertiary/aromatic N) is 2. The van der Waals surface area contributed by atoms with Crippen molar-refractivity contribution in [2.24, 2.45) is 4.99 Å². The molecule has 0 aliphatic heterocycles. The molecule has 6 heteroatoms. The Morgan fingerprint density at radius 2 is 1.54 bits per heavy atom. The number of esters is 2. The van der Waals surface area contributed by atoms with Crippen LogP contribution in [0.3, 0.4) is 0 Å². The fourth-order valence-electron chi connectivity index (χ4n) is 2.32. The van der Waals surface area contributed by atoms with E-state index in [-0.39, 0.29) is 5.97 Å². The summed E-state index contributed by atoms with van der Waals surface area (Å²) in [5.41, 5.74) is 2.48. The minimum Gasteiger partial charge on any atom is -0.462 e. The summed E-state index contributed by atoms with van der Waals surface area (Å²) in [4.78, 5) is 31.9. The van der Waals surface area contributed by atoms with Gasteiger partial charge in [-0.05, 0) is 73.2 Å². The highest BCUT2D eigenvalue weighted by Crippen LogP contribution is 2.16. The molecule has 1 heterocycles. The maximum atomic E-state index is 12.0. The molecule has 0 amide bonds. The van der Waals surface area contributed by atoms with E-state index in [1.54, 1.807) is 73.8 Å². The van der Waals surface area contributed by atoms with Crippen LogP contribution in [-0.4, -0.2) is 29.7 Å². The first-order chi connectivity index (χ1) is 13.7. The second-order valence-electron chi connectivity index (χ2n) is 5.72. The second-order valence-corrected chi connectivity index (χ2v) is 5.72.